The second-order valence-electron chi connectivity index (χ2n) is 7.84. The van der Waals surface area contributed by atoms with Crippen molar-refractivity contribution >= 4 is 17.8 Å². The molecule has 4 rings (SSSR count). The van der Waals surface area contributed by atoms with Gasteiger partial charge in [0.1, 0.15) is 11.2 Å². The van der Waals surface area contributed by atoms with E-state index in [1.807, 2.05) is 32.0 Å². The molecule has 2 aliphatic heterocycles. The standard InChI is InChI=1S/C22H24N4O3/c1-15-6-7-16(2)17(13-15)14-26-20(28)22(24-21(26)29)8-11-25(12-9-22)19(27)18-5-3-4-10-23-18/h3-7,10,13H,8-9,11-12,14H2,1-2H3,(H,24,29). The van der Waals surface area contributed by atoms with Gasteiger partial charge in [0.15, 0.2) is 0 Å². The fourth-order valence-electron chi connectivity index (χ4n) is 4.04. The molecule has 1 aromatic carbocycles. The molecule has 150 valence electrons. The molecule has 0 saturated carbocycles. The molecular weight excluding hydrogens is 368 g/mol. The van der Waals surface area contributed by atoms with Crippen LogP contribution in [-0.4, -0.2) is 51.3 Å². The minimum Gasteiger partial charge on any atom is -0.337 e. The molecule has 29 heavy (non-hydrogen) atoms. The molecule has 2 fully saturated rings. The topological polar surface area (TPSA) is 82.6 Å². The van der Waals surface area contributed by atoms with E-state index in [0.29, 0.717) is 31.6 Å². The van der Waals surface area contributed by atoms with Crippen LogP contribution in [0.25, 0.3) is 0 Å². The maximum Gasteiger partial charge on any atom is 0.325 e. The summed E-state index contributed by atoms with van der Waals surface area (Å²) in [6.07, 6.45) is 2.39. The molecule has 2 aromatic rings. The van der Waals surface area contributed by atoms with Gasteiger partial charge in [0, 0.05) is 19.3 Å². The highest BCUT2D eigenvalue weighted by Crippen LogP contribution is 2.31. The van der Waals surface area contributed by atoms with E-state index in [1.54, 1.807) is 29.3 Å². The summed E-state index contributed by atoms with van der Waals surface area (Å²) in [5.41, 5.74) is 2.58. The molecule has 3 heterocycles. The summed E-state index contributed by atoms with van der Waals surface area (Å²) in [7, 11) is 0. The van der Waals surface area contributed by atoms with Crippen molar-refractivity contribution in [2.45, 2.75) is 38.8 Å². The zero-order valence-electron chi connectivity index (χ0n) is 16.6. The van der Waals surface area contributed by atoms with Crippen LogP contribution in [0.15, 0.2) is 42.6 Å². The number of hydrogen-bond donors (Lipinski definition) is 1. The highest BCUT2D eigenvalue weighted by atomic mass is 16.2. The molecule has 1 spiro atoms. The van der Waals surface area contributed by atoms with Gasteiger partial charge in [-0.3, -0.25) is 19.5 Å². The van der Waals surface area contributed by atoms with E-state index in [1.165, 1.54) is 4.90 Å². The monoisotopic (exact) mass is 392 g/mol. The van der Waals surface area contributed by atoms with Crippen molar-refractivity contribution in [1.29, 1.82) is 0 Å². The molecule has 0 unspecified atom stereocenters. The Kier molecular flexibility index (Phi) is 4.82. The maximum absolute atomic E-state index is 13.2. The first-order valence-electron chi connectivity index (χ1n) is 9.80. The first-order chi connectivity index (χ1) is 13.9. The molecule has 0 bridgehead atoms. The molecule has 0 radical (unpaired) electrons. The van der Waals surface area contributed by atoms with Gasteiger partial charge in [0.05, 0.1) is 6.54 Å². The number of nitrogens with zero attached hydrogens (tertiary/aromatic N) is 3. The first kappa shape index (κ1) is 19.1. The van der Waals surface area contributed by atoms with E-state index in [0.717, 1.165) is 16.7 Å². The summed E-state index contributed by atoms with van der Waals surface area (Å²) < 4.78 is 0. The summed E-state index contributed by atoms with van der Waals surface area (Å²) in [5, 5.41) is 2.91. The number of nitrogens with one attached hydrogen (secondary N) is 1. The molecule has 2 saturated heterocycles. The van der Waals surface area contributed by atoms with Crippen molar-refractivity contribution in [3.63, 3.8) is 0 Å². The van der Waals surface area contributed by atoms with Gasteiger partial charge in [-0.1, -0.05) is 29.8 Å². The largest absolute Gasteiger partial charge is 0.337 e. The zero-order valence-corrected chi connectivity index (χ0v) is 16.6. The van der Waals surface area contributed by atoms with Gasteiger partial charge in [0.25, 0.3) is 11.8 Å². The minimum absolute atomic E-state index is 0.149. The number of hydrogen-bond acceptors (Lipinski definition) is 4. The van der Waals surface area contributed by atoms with Gasteiger partial charge in [-0.15, -0.1) is 0 Å². The highest BCUT2D eigenvalue weighted by molar-refractivity contribution is 6.07. The summed E-state index contributed by atoms with van der Waals surface area (Å²) >= 11 is 0. The number of rotatable bonds is 3. The van der Waals surface area contributed by atoms with Crippen LogP contribution >= 0.6 is 0 Å². The van der Waals surface area contributed by atoms with Gasteiger partial charge < -0.3 is 10.2 Å². The third-order valence-corrected chi connectivity index (χ3v) is 5.87. The van der Waals surface area contributed by atoms with Crippen LogP contribution in [0, 0.1) is 13.8 Å². The van der Waals surface area contributed by atoms with E-state index >= 15 is 0 Å². The quantitative estimate of drug-likeness (QED) is 0.814. The van der Waals surface area contributed by atoms with Crippen LogP contribution < -0.4 is 5.32 Å². The summed E-state index contributed by atoms with van der Waals surface area (Å²) in [6, 6.07) is 10.9. The van der Waals surface area contributed by atoms with E-state index in [2.05, 4.69) is 10.3 Å². The summed E-state index contributed by atoms with van der Waals surface area (Å²) in [4.78, 5) is 45.5. The fraction of sp³-hybridized carbons (Fsp3) is 0.364. The third kappa shape index (κ3) is 3.48. The average molecular weight is 392 g/mol. The fourth-order valence-corrected chi connectivity index (χ4v) is 4.04. The number of imide groups is 1. The molecule has 7 nitrogen and oxygen atoms in total. The number of pyridine rings is 1. The number of carbonyl (C=O) groups excluding carboxylic acids is 3. The van der Waals surface area contributed by atoms with Crippen LogP contribution in [-0.2, 0) is 11.3 Å². The van der Waals surface area contributed by atoms with Gasteiger partial charge >= 0.3 is 6.03 Å². The zero-order chi connectivity index (χ0) is 20.6. The number of aromatic nitrogens is 1. The number of likely N-dealkylation sites (tertiary alicyclic amines) is 1. The molecule has 0 aliphatic carbocycles. The van der Waals surface area contributed by atoms with E-state index in [-0.39, 0.29) is 24.4 Å². The minimum atomic E-state index is -0.921. The average Bonchev–Trinajstić information content (AvgIpc) is 2.95. The van der Waals surface area contributed by atoms with Gasteiger partial charge in [-0.25, -0.2) is 4.79 Å². The molecule has 1 N–H and O–H groups in total. The Bertz CT molecular complexity index is 965. The Balaban J connectivity index is 1.46. The SMILES string of the molecule is Cc1ccc(C)c(CN2C(=O)NC3(CCN(C(=O)c4ccccn4)CC3)C2=O)c1. The van der Waals surface area contributed by atoms with Crippen molar-refractivity contribution in [1.82, 2.24) is 20.1 Å². The Hall–Kier alpha value is -3.22. The first-order valence-corrected chi connectivity index (χ1v) is 9.80. The predicted octanol–water partition coefficient (Wildman–Crippen LogP) is 2.43. The number of carbonyl (C=O) groups is 3. The van der Waals surface area contributed by atoms with Crippen molar-refractivity contribution in [2.75, 3.05) is 13.1 Å². The predicted molar refractivity (Wildman–Crippen MR) is 107 cm³/mol. The van der Waals surface area contributed by atoms with Crippen molar-refractivity contribution in [3.8, 4) is 0 Å². The van der Waals surface area contributed by atoms with Crippen LogP contribution in [0.2, 0.25) is 0 Å². The third-order valence-electron chi connectivity index (χ3n) is 5.87. The number of amides is 4. The van der Waals surface area contributed by atoms with Crippen LogP contribution in [0.1, 0.15) is 40.0 Å². The lowest BCUT2D eigenvalue weighted by Gasteiger charge is -2.37. The van der Waals surface area contributed by atoms with E-state index in [9.17, 15) is 14.4 Å². The van der Waals surface area contributed by atoms with E-state index < -0.39 is 5.54 Å². The number of piperidine rings is 1. The molecule has 1 aromatic heterocycles. The lowest BCUT2D eigenvalue weighted by atomic mass is 9.87. The van der Waals surface area contributed by atoms with Gasteiger partial charge in [0.2, 0.25) is 0 Å². The second kappa shape index (κ2) is 7.31. The smallest absolute Gasteiger partial charge is 0.325 e. The molecule has 0 atom stereocenters. The Morgan fingerprint density at radius 2 is 1.90 bits per heavy atom. The lowest BCUT2D eigenvalue weighted by molar-refractivity contribution is -0.133. The van der Waals surface area contributed by atoms with Crippen LogP contribution in [0.4, 0.5) is 4.79 Å². The molecule has 4 amide bonds. The van der Waals surface area contributed by atoms with Gasteiger partial charge in [-0.2, -0.15) is 0 Å². The normalized spacial score (nSPS) is 18.3. The van der Waals surface area contributed by atoms with Crippen molar-refractivity contribution in [3.05, 3.63) is 65.0 Å². The van der Waals surface area contributed by atoms with Crippen LogP contribution in [0.3, 0.4) is 0 Å². The number of aryl methyl sites for hydroxylation is 2. The summed E-state index contributed by atoms with van der Waals surface area (Å²) in [6.45, 7) is 5.03. The van der Waals surface area contributed by atoms with Crippen molar-refractivity contribution < 1.29 is 14.4 Å². The molecular formula is C22H24N4O3. The highest BCUT2D eigenvalue weighted by Gasteiger charge is 2.52. The number of urea groups is 1. The van der Waals surface area contributed by atoms with E-state index in [4.69, 9.17) is 0 Å². The van der Waals surface area contributed by atoms with Gasteiger partial charge in [-0.05, 0) is 49.9 Å². The summed E-state index contributed by atoms with van der Waals surface area (Å²) in [5.74, 6) is -0.349. The lowest BCUT2D eigenvalue weighted by Crippen LogP contribution is -2.55. The Labute approximate surface area is 169 Å². The van der Waals surface area contributed by atoms with Crippen molar-refractivity contribution in [2.24, 2.45) is 0 Å². The maximum atomic E-state index is 13.2. The van der Waals surface area contributed by atoms with Crippen LogP contribution in [0.5, 0.6) is 0 Å². The number of benzene rings is 1. The molecule has 7 heteroatoms. The Morgan fingerprint density at radius 3 is 2.59 bits per heavy atom. The molecule has 2 aliphatic rings. The second-order valence-corrected chi connectivity index (χ2v) is 7.84. The Morgan fingerprint density at radius 1 is 1.14 bits per heavy atom.